The van der Waals surface area contributed by atoms with Crippen LogP contribution in [0.1, 0.15) is 40.0 Å². The smallest absolute Gasteiger partial charge is 0.303 e. The largest absolute Gasteiger partial charge is 0.481 e. The minimum atomic E-state index is -0.717. The highest BCUT2D eigenvalue weighted by Crippen LogP contribution is 2.01. The van der Waals surface area contributed by atoms with Crippen LogP contribution in [0.4, 0.5) is 0 Å². The van der Waals surface area contributed by atoms with E-state index in [0.717, 1.165) is 32.7 Å². The second-order valence-electron chi connectivity index (χ2n) is 4.24. The summed E-state index contributed by atoms with van der Waals surface area (Å²) in [5.41, 5.74) is 0. The van der Waals surface area contributed by atoms with Crippen LogP contribution >= 0.6 is 0 Å². The Balaban J connectivity index is 3.66. The number of aliphatic carboxylic acids is 1. The van der Waals surface area contributed by atoms with E-state index in [0.29, 0.717) is 12.5 Å². The van der Waals surface area contributed by atoms with Gasteiger partial charge < -0.3 is 9.84 Å². The van der Waals surface area contributed by atoms with Crippen molar-refractivity contribution in [2.75, 3.05) is 26.3 Å². The highest BCUT2D eigenvalue weighted by molar-refractivity contribution is 5.66. The first-order chi connectivity index (χ1) is 7.57. The van der Waals surface area contributed by atoms with E-state index >= 15 is 0 Å². The molecule has 96 valence electrons. The molecule has 0 aliphatic rings. The first-order valence-corrected chi connectivity index (χ1v) is 6.11. The summed E-state index contributed by atoms with van der Waals surface area (Å²) in [5, 5.41) is 8.57. The molecular formula is C12H25NO3. The highest BCUT2D eigenvalue weighted by atomic mass is 16.5. The van der Waals surface area contributed by atoms with Crippen molar-refractivity contribution in [1.29, 1.82) is 0 Å². The maximum atomic E-state index is 10.4. The van der Waals surface area contributed by atoms with Crippen molar-refractivity contribution in [3.63, 3.8) is 0 Å². The summed E-state index contributed by atoms with van der Waals surface area (Å²) in [6.07, 6.45) is 2.00. The number of rotatable bonds is 10. The quantitative estimate of drug-likeness (QED) is 0.584. The van der Waals surface area contributed by atoms with Gasteiger partial charge in [0.2, 0.25) is 0 Å². The van der Waals surface area contributed by atoms with Crippen LogP contribution in [0.25, 0.3) is 0 Å². The van der Waals surface area contributed by atoms with E-state index in [1.165, 1.54) is 0 Å². The Hall–Kier alpha value is -0.610. The summed E-state index contributed by atoms with van der Waals surface area (Å²) in [4.78, 5) is 12.7. The topological polar surface area (TPSA) is 49.8 Å². The van der Waals surface area contributed by atoms with Gasteiger partial charge in [-0.2, -0.15) is 0 Å². The minimum absolute atomic E-state index is 0.249. The van der Waals surface area contributed by atoms with Crippen molar-refractivity contribution in [3.8, 4) is 0 Å². The van der Waals surface area contributed by atoms with Crippen LogP contribution in [0, 0.1) is 0 Å². The van der Waals surface area contributed by atoms with E-state index in [-0.39, 0.29) is 6.42 Å². The van der Waals surface area contributed by atoms with E-state index in [4.69, 9.17) is 9.84 Å². The lowest BCUT2D eigenvalue weighted by molar-refractivity contribution is -0.137. The average Bonchev–Trinajstić information content (AvgIpc) is 2.20. The van der Waals surface area contributed by atoms with E-state index in [1.54, 1.807) is 0 Å². The molecule has 0 unspecified atom stereocenters. The molecular weight excluding hydrogens is 206 g/mol. The fraction of sp³-hybridized carbons (Fsp3) is 0.917. The molecule has 0 bridgehead atoms. The van der Waals surface area contributed by atoms with Crippen LogP contribution in [0.5, 0.6) is 0 Å². The number of carboxylic acid groups (broad SMARTS) is 1. The first-order valence-electron chi connectivity index (χ1n) is 6.11. The molecule has 0 aromatic rings. The SMILES string of the molecule is CCCOCCN(CCCC(=O)O)C(C)C. The molecule has 4 nitrogen and oxygen atoms in total. The average molecular weight is 231 g/mol. The number of carboxylic acids is 1. The second-order valence-corrected chi connectivity index (χ2v) is 4.24. The van der Waals surface area contributed by atoms with Crippen LogP contribution in [0.3, 0.4) is 0 Å². The standard InChI is InChI=1S/C12H25NO3/c1-4-9-16-10-8-13(11(2)3)7-5-6-12(14)15/h11H,4-10H2,1-3H3,(H,14,15). The Labute approximate surface area is 98.6 Å². The van der Waals surface area contributed by atoms with Crippen molar-refractivity contribution in [1.82, 2.24) is 4.90 Å². The van der Waals surface area contributed by atoms with Gasteiger partial charge in [0.15, 0.2) is 0 Å². The van der Waals surface area contributed by atoms with Gasteiger partial charge in [-0.25, -0.2) is 0 Å². The molecule has 0 saturated carbocycles. The summed E-state index contributed by atoms with van der Waals surface area (Å²) < 4.78 is 5.43. The summed E-state index contributed by atoms with van der Waals surface area (Å²) in [6.45, 7) is 9.60. The van der Waals surface area contributed by atoms with Gasteiger partial charge in [-0.05, 0) is 33.2 Å². The predicted octanol–water partition coefficient (Wildman–Crippen LogP) is 1.99. The van der Waals surface area contributed by atoms with Crippen molar-refractivity contribution in [3.05, 3.63) is 0 Å². The van der Waals surface area contributed by atoms with Crippen LogP contribution in [-0.2, 0) is 9.53 Å². The van der Waals surface area contributed by atoms with Gasteiger partial charge in [-0.1, -0.05) is 6.92 Å². The zero-order chi connectivity index (χ0) is 12.4. The number of ether oxygens (including phenoxy) is 1. The zero-order valence-corrected chi connectivity index (χ0v) is 10.7. The Morgan fingerprint density at radius 3 is 2.50 bits per heavy atom. The van der Waals surface area contributed by atoms with Crippen molar-refractivity contribution >= 4 is 5.97 Å². The molecule has 0 atom stereocenters. The number of hydrogen-bond acceptors (Lipinski definition) is 3. The summed E-state index contributed by atoms with van der Waals surface area (Å²) in [5.74, 6) is -0.717. The molecule has 4 heteroatoms. The molecule has 0 spiro atoms. The van der Waals surface area contributed by atoms with Gasteiger partial charge in [0.05, 0.1) is 6.61 Å². The molecule has 0 aromatic carbocycles. The Morgan fingerprint density at radius 2 is 2.00 bits per heavy atom. The molecule has 16 heavy (non-hydrogen) atoms. The third-order valence-electron chi connectivity index (χ3n) is 2.44. The molecule has 0 amide bonds. The molecule has 0 aromatic heterocycles. The van der Waals surface area contributed by atoms with Gasteiger partial charge in [0, 0.05) is 25.6 Å². The fourth-order valence-corrected chi connectivity index (χ4v) is 1.49. The summed E-state index contributed by atoms with van der Waals surface area (Å²) >= 11 is 0. The predicted molar refractivity (Wildman–Crippen MR) is 64.7 cm³/mol. The zero-order valence-electron chi connectivity index (χ0n) is 10.7. The normalized spacial score (nSPS) is 11.3. The van der Waals surface area contributed by atoms with Crippen LogP contribution < -0.4 is 0 Å². The molecule has 0 rings (SSSR count). The number of carbonyl (C=O) groups is 1. The van der Waals surface area contributed by atoms with E-state index in [2.05, 4.69) is 25.7 Å². The van der Waals surface area contributed by atoms with Gasteiger partial charge in [0.1, 0.15) is 0 Å². The highest BCUT2D eigenvalue weighted by Gasteiger charge is 2.09. The Morgan fingerprint density at radius 1 is 1.31 bits per heavy atom. The molecule has 0 aliphatic carbocycles. The number of hydrogen-bond donors (Lipinski definition) is 1. The minimum Gasteiger partial charge on any atom is -0.481 e. The fourth-order valence-electron chi connectivity index (χ4n) is 1.49. The van der Waals surface area contributed by atoms with Crippen LogP contribution in [0.2, 0.25) is 0 Å². The Kier molecular flexibility index (Phi) is 9.24. The second kappa shape index (κ2) is 9.60. The van der Waals surface area contributed by atoms with E-state index in [9.17, 15) is 4.79 Å². The lowest BCUT2D eigenvalue weighted by atomic mass is 10.2. The van der Waals surface area contributed by atoms with Crippen LogP contribution in [0.15, 0.2) is 0 Å². The third kappa shape index (κ3) is 8.68. The van der Waals surface area contributed by atoms with Crippen molar-refractivity contribution in [2.45, 2.75) is 46.1 Å². The van der Waals surface area contributed by atoms with Crippen molar-refractivity contribution in [2.24, 2.45) is 0 Å². The van der Waals surface area contributed by atoms with Crippen molar-refractivity contribution < 1.29 is 14.6 Å². The van der Waals surface area contributed by atoms with Gasteiger partial charge in [-0.15, -0.1) is 0 Å². The van der Waals surface area contributed by atoms with Gasteiger partial charge in [0.25, 0.3) is 0 Å². The van der Waals surface area contributed by atoms with Gasteiger partial charge in [-0.3, -0.25) is 9.69 Å². The van der Waals surface area contributed by atoms with E-state index in [1.807, 2.05) is 0 Å². The van der Waals surface area contributed by atoms with Crippen LogP contribution in [-0.4, -0.2) is 48.3 Å². The van der Waals surface area contributed by atoms with Gasteiger partial charge >= 0.3 is 5.97 Å². The summed E-state index contributed by atoms with van der Waals surface area (Å²) in [7, 11) is 0. The monoisotopic (exact) mass is 231 g/mol. The summed E-state index contributed by atoms with van der Waals surface area (Å²) in [6, 6.07) is 0.444. The molecule has 1 N–H and O–H groups in total. The first kappa shape index (κ1) is 15.4. The maximum absolute atomic E-state index is 10.4. The maximum Gasteiger partial charge on any atom is 0.303 e. The molecule has 0 saturated heterocycles. The molecule has 0 heterocycles. The number of nitrogens with zero attached hydrogens (tertiary/aromatic N) is 1. The lowest BCUT2D eigenvalue weighted by Crippen LogP contribution is -2.35. The lowest BCUT2D eigenvalue weighted by Gasteiger charge is -2.26. The Bertz CT molecular complexity index is 183. The molecule has 0 fully saturated rings. The van der Waals surface area contributed by atoms with E-state index < -0.39 is 5.97 Å². The molecule has 0 radical (unpaired) electrons. The molecule has 0 aliphatic heterocycles. The third-order valence-corrected chi connectivity index (χ3v) is 2.44.